The Morgan fingerprint density at radius 2 is 2.19 bits per heavy atom. The number of carbonyl (C=O) groups excluding carboxylic acids is 1. The van der Waals surface area contributed by atoms with E-state index in [1.807, 2.05) is 0 Å². The number of rotatable bonds is 3. The Bertz CT molecular complexity index is 427. The molecule has 0 saturated heterocycles. The second-order valence-electron chi connectivity index (χ2n) is 4.16. The zero-order valence-electron chi connectivity index (χ0n) is 9.13. The highest BCUT2D eigenvalue weighted by molar-refractivity contribution is 6.04. The predicted octanol–water partition coefficient (Wildman–Crippen LogP) is 1.90. The molecule has 0 unspecified atom stereocenters. The zero-order chi connectivity index (χ0) is 11.8. The minimum absolute atomic E-state index is 0.0292. The van der Waals surface area contributed by atoms with E-state index in [4.69, 9.17) is 10.5 Å². The summed E-state index contributed by atoms with van der Waals surface area (Å²) in [5.74, 6) is -0.865. The maximum absolute atomic E-state index is 13.8. The van der Waals surface area contributed by atoms with Crippen LogP contribution < -0.4 is 10.5 Å². The van der Waals surface area contributed by atoms with Crippen LogP contribution in [-0.4, -0.2) is 18.4 Å². The van der Waals surface area contributed by atoms with E-state index in [0.717, 1.165) is 6.42 Å². The fraction of sp³-hybridized carbons (Fsp3) is 0.417. The number of halogens is 1. The number of hydrogen-bond acceptors (Lipinski definition) is 3. The van der Waals surface area contributed by atoms with Crippen molar-refractivity contribution < 1.29 is 13.9 Å². The van der Waals surface area contributed by atoms with Crippen LogP contribution in [0.4, 0.5) is 4.39 Å². The van der Waals surface area contributed by atoms with Gasteiger partial charge in [0.1, 0.15) is 0 Å². The molecule has 4 heteroatoms. The van der Waals surface area contributed by atoms with E-state index in [0.29, 0.717) is 12.8 Å². The first-order valence-electron chi connectivity index (χ1n) is 5.25. The third kappa shape index (κ3) is 1.59. The monoisotopic (exact) mass is 223 g/mol. The van der Waals surface area contributed by atoms with Crippen molar-refractivity contribution in [3.63, 3.8) is 0 Å². The maximum atomic E-state index is 13.8. The lowest BCUT2D eigenvalue weighted by atomic mass is 9.72. The lowest BCUT2D eigenvalue weighted by Crippen LogP contribution is -2.53. The average molecular weight is 223 g/mol. The van der Waals surface area contributed by atoms with Crippen molar-refractivity contribution in [2.75, 3.05) is 7.11 Å². The Balaban J connectivity index is 2.37. The fourth-order valence-corrected chi connectivity index (χ4v) is 1.90. The van der Waals surface area contributed by atoms with E-state index in [-0.39, 0.29) is 17.1 Å². The quantitative estimate of drug-likeness (QED) is 0.796. The van der Waals surface area contributed by atoms with Gasteiger partial charge in [0.25, 0.3) is 0 Å². The molecule has 0 spiro atoms. The minimum Gasteiger partial charge on any atom is -0.494 e. The van der Waals surface area contributed by atoms with Gasteiger partial charge in [-0.2, -0.15) is 0 Å². The number of nitrogens with two attached hydrogens (primary N) is 1. The number of hydrogen-bond donors (Lipinski definition) is 1. The molecule has 0 heterocycles. The van der Waals surface area contributed by atoms with Gasteiger partial charge in [-0.25, -0.2) is 4.39 Å². The molecule has 0 bridgehead atoms. The Morgan fingerprint density at radius 1 is 1.50 bits per heavy atom. The molecule has 0 atom stereocenters. The van der Waals surface area contributed by atoms with Crippen LogP contribution in [-0.2, 0) is 0 Å². The van der Waals surface area contributed by atoms with Crippen LogP contribution in [0.1, 0.15) is 29.6 Å². The van der Waals surface area contributed by atoms with Gasteiger partial charge in [0.05, 0.1) is 18.2 Å². The Labute approximate surface area is 93.4 Å². The number of carbonyl (C=O) groups is 1. The molecule has 1 saturated carbocycles. The van der Waals surface area contributed by atoms with Gasteiger partial charge in [-0.1, -0.05) is 6.07 Å². The standard InChI is InChI=1S/C12H14FNO2/c1-16-9-5-2-4-8(10(9)13)11(15)12(14)6-3-7-12/h2,4-5H,3,6-7,14H2,1H3. The van der Waals surface area contributed by atoms with Crippen molar-refractivity contribution in [1.82, 2.24) is 0 Å². The van der Waals surface area contributed by atoms with Crippen LogP contribution in [0.25, 0.3) is 0 Å². The van der Waals surface area contributed by atoms with Crippen molar-refractivity contribution in [2.45, 2.75) is 24.8 Å². The molecule has 2 rings (SSSR count). The number of methoxy groups -OCH3 is 1. The number of ether oxygens (including phenoxy) is 1. The van der Waals surface area contributed by atoms with Crippen LogP contribution in [0.15, 0.2) is 18.2 Å². The molecule has 1 aromatic rings. The molecule has 2 N–H and O–H groups in total. The summed E-state index contributed by atoms with van der Waals surface area (Å²) in [5, 5.41) is 0. The normalized spacial score (nSPS) is 17.7. The molecule has 3 nitrogen and oxygen atoms in total. The van der Waals surface area contributed by atoms with Crippen LogP contribution in [0.3, 0.4) is 0 Å². The molecule has 1 aliphatic rings. The smallest absolute Gasteiger partial charge is 0.185 e. The first-order chi connectivity index (χ1) is 7.58. The zero-order valence-corrected chi connectivity index (χ0v) is 9.13. The molecule has 0 aliphatic heterocycles. The average Bonchev–Trinajstić information content (AvgIpc) is 2.25. The maximum Gasteiger partial charge on any atom is 0.185 e. The van der Waals surface area contributed by atoms with E-state index in [2.05, 4.69) is 0 Å². The van der Waals surface area contributed by atoms with Crippen molar-refractivity contribution in [2.24, 2.45) is 5.73 Å². The molecular weight excluding hydrogens is 209 g/mol. The summed E-state index contributed by atoms with van der Waals surface area (Å²) in [7, 11) is 1.37. The Morgan fingerprint density at radius 3 is 2.69 bits per heavy atom. The molecule has 1 aliphatic carbocycles. The highest BCUT2D eigenvalue weighted by Crippen LogP contribution is 2.34. The van der Waals surface area contributed by atoms with Crippen molar-refractivity contribution in [3.8, 4) is 5.75 Å². The van der Waals surface area contributed by atoms with Crippen LogP contribution in [0, 0.1) is 5.82 Å². The molecule has 1 aromatic carbocycles. The van der Waals surface area contributed by atoms with Crippen LogP contribution in [0.5, 0.6) is 5.75 Å². The van der Waals surface area contributed by atoms with Gasteiger partial charge in [-0.05, 0) is 31.4 Å². The van der Waals surface area contributed by atoms with Crippen molar-refractivity contribution >= 4 is 5.78 Å². The van der Waals surface area contributed by atoms with Gasteiger partial charge < -0.3 is 10.5 Å². The molecule has 1 fully saturated rings. The van der Waals surface area contributed by atoms with Gasteiger partial charge in [0.2, 0.25) is 0 Å². The Hall–Kier alpha value is -1.42. The molecule has 86 valence electrons. The number of Topliss-reactive ketones (excluding diaryl/α,β-unsaturated/α-hetero) is 1. The largest absolute Gasteiger partial charge is 0.494 e. The first-order valence-corrected chi connectivity index (χ1v) is 5.25. The van der Waals surface area contributed by atoms with Gasteiger partial charge >= 0.3 is 0 Å². The summed E-state index contributed by atoms with van der Waals surface area (Å²) in [4.78, 5) is 12.0. The minimum atomic E-state index is -0.868. The van der Waals surface area contributed by atoms with Gasteiger partial charge in [-0.15, -0.1) is 0 Å². The van der Waals surface area contributed by atoms with Crippen LogP contribution in [0.2, 0.25) is 0 Å². The lowest BCUT2D eigenvalue weighted by Gasteiger charge is -2.36. The Kier molecular flexibility index (Phi) is 2.68. The summed E-state index contributed by atoms with van der Waals surface area (Å²) >= 11 is 0. The lowest BCUT2D eigenvalue weighted by molar-refractivity contribution is 0.0795. The SMILES string of the molecule is COc1cccc(C(=O)C2(N)CCC2)c1F. The number of ketones is 1. The van der Waals surface area contributed by atoms with E-state index < -0.39 is 11.4 Å². The second-order valence-corrected chi connectivity index (χ2v) is 4.16. The topological polar surface area (TPSA) is 52.3 Å². The summed E-state index contributed by atoms with van der Waals surface area (Å²) in [5.41, 5.74) is 5.04. The van der Waals surface area contributed by atoms with Gasteiger partial charge in [0, 0.05) is 0 Å². The van der Waals surface area contributed by atoms with E-state index in [1.54, 1.807) is 6.07 Å². The van der Waals surface area contributed by atoms with Gasteiger partial charge in [0.15, 0.2) is 17.3 Å². The third-order valence-electron chi connectivity index (χ3n) is 3.13. The molecule has 0 aromatic heterocycles. The second kappa shape index (κ2) is 3.87. The fourth-order valence-electron chi connectivity index (χ4n) is 1.90. The van der Waals surface area contributed by atoms with E-state index >= 15 is 0 Å². The third-order valence-corrected chi connectivity index (χ3v) is 3.13. The van der Waals surface area contributed by atoms with Crippen LogP contribution >= 0.6 is 0 Å². The molecular formula is C12H14FNO2. The molecule has 0 amide bonds. The highest BCUT2D eigenvalue weighted by Gasteiger charge is 2.41. The first kappa shape index (κ1) is 11.1. The summed E-state index contributed by atoms with van der Waals surface area (Å²) in [6.45, 7) is 0. The van der Waals surface area contributed by atoms with Crippen molar-refractivity contribution in [3.05, 3.63) is 29.6 Å². The number of benzene rings is 1. The summed E-state index contributed by atoms with van der Waals surface area (Å²) in [6.07, 6.45) is 2.18. The van der Waals surface area contributed by atoms with E-state index in [1.165, 1.54) is 19.2 Å². The van der Waals surface area contributed by atoms with E-state index in [9.17, 15) is 9.18 Å². The molecule has 16 heavy (non-hydrogen) atoms. The predicted molar refractivity (Wildman–Crippen MR) is 58.1 cm³/mol. The van der Waals surface area contributed by atoms with Gasteiger partial charge in [-0.3, -0.25) is 4.79 Å². The summed E-state index contributed by atoms with van der Waals surface area (Å²) in [6, 6.07) is 4.53. The van der Waals surface area contributed by atoms with Crippen molar-refractivity contribution in [1.29, 1.82) is 0 Å². The summed E-state index contributed by atoms with van der Waals surface area (Å²) < 4.78 is 18.6. The molecule has 0 radical (unpaired) electrons. The highest BCUT2D eigenvalue weighted by atomic mass is 19.1.